The SMILES string of the molecule is COCc1cc(Cl)cc(OC(F)(F)F)c1. The van der Waals surface area contributed by atoms with Crippen LogP contribution in [-0.2, 0) is 11.3 Å². The van der Waals surface area contributed by atoms with E-state index in [0.29, 0.717) is 5.56 Å². The van der Waals surface area contributed by atoms with Crippen LogP contribution in [0.15, 0.2) is 18.2 Å². The molecule has 1 rings (SSSR count). The number of ether oxygens (including phenoxy) is 2. The minimum absolute atomic E-state index is 0.170. The summed E-state index contributed by atoms with van der Waals surface area (Å²) in [5.41, 5.74) is 0.518. The van der Waals surface area contributed by atoms with Gasteiger partial charge < -0.3 is 9.47 Å². The Bertz CT molecular complexity index is 339. The lowest BCUT2D eigenvalue weighted by Crippen LogP contribution is -2.17. The Balaban J connectivity index is 2.88. The summed E-state index contributed by atoms with van der Waals surface area (Å²) in [5, 5.41) is 0.170. The molecule has 0 aromatic heterocycles. The molecule has 2 nitrogen and oxygen atoms in total. The summed E-state index contributed by atoms with van der Waals surface area (Å²) < 4.78 is 44.2. The Kier molecular flexibility index (Phi) is 3.82. The lowest BCUT2D eigenvalue weighted by molar-refractivity contribution is -0.274. The largest absolute Gasteiger partial charge is 0.573 e. The van der Waals surface area contributed by atoms with Crippen LogP contribution >= 0.6 is 11.6 Å². The Morgan fingerprint density at radius 2 is 1.93 bits per heavy atom. The number of alkyl halides is 3. The van der Waals surface area contributed by atoms with Gasteiger partial charge in [0, 0.05) is 12.1 Å². The molecule has 0 heterocycles. The van der Waals surface area contributed by atoms with Crippen molar-refractivity contribution in [2.45, 2.75) is 13.0 Å². The minimum Gasteiger partial charge on any atom is -0.406 e. The van der Waals surface area contributed by atoms with Crippen molar-refractivity contribution in [1.82, 2.24) is 0 Å². The van der Waals surface area contributed by atoms with Gasteiger partial charge in [0.05, 0.1) is 6.61 Å². The van der Waals surface area contributed by atoms with Crippen LogP contribution < -0.4 is 4.74 Å². The minimum atomic E-state index is -4.71. The van der Waals surface area contributed by atoms with Crippen molar-refractivity contribution in [2.75, 3.05) is 7.11 Å². The topological polar surface area (TPSA) is 18.5 Å². The van der Waals surface area contributed by atoms with E-state index in [1.165, 1.54) is 19.2 Å². The Morgan fingerprint density at radius 1 is 1.27 bits per heavy atom. The highest BCUT2D eigenvalue weighted by Crippen LogP contribution is 2.27. The number of benzene rings is 1. The zero-order valence-corrected chi connectivity index (χ0v) is 8.52. The maximum Gasteiger partial charge on any atom is 0.573 e. The molecule has 6 heteroatoms. The predicted molar refractivity (Wildman–Crippen MR) is 48.8 cm³/mol. The highest BCUT2D eigenvalue weighted by atomic mass is 35.5. The van der Waals surface area contributed by atoms with Gasteiger partial charge in [-0.25, -0.2) is 0 Å². The predicted octanol–water partition coefficient (Wildman–Crippen LogP) is 3.39. The normalized spacial score (nSPS) is 11.5. The molecule has 1 aromatic rings. The van der Waals surface area contributed by atoms with Crippen LogP contribution in [-0.4, -0.2) is 13.5 Å². The molecule has 0 aliphatic rings. The number of hydrogen-bond acceptors (Lipinski definition) is 2. The molecule has 0 aliphatic carbocycles. The van der Waals surface area contributed by atoms with Crippen molar-refractivity contribution in [3.63, 3.8) is 0 Å². The van der Waals surface area contributed by atoms with Crippen LogP contribution in [0.5, 0.6) is 5.75 Å². The van der Waals surface area contributed by atoms with Crippen molar-refractivity contribution >= 4 is 11.6 Å². The molecule has 0 N–H and O–H groups in total. The molecule has 0 atom stereocenters. The van der Waals surface area contributed by atoms with E-state index in [1.54, 1.807) is 0 Å². The maximum absolute atomic E-state index is 11.9. The first-order chi connectivity index (χ1) is 6.90. The summed E-state index contributed by atoms with van der Waals surface area (Å²) in [6.07, 6.45) is -4.71. The lowest BCUT2D eigenvalue weighted by atomic mass is 10.2. The summed E-state index contributed by atoms with van der Waals surface area (Å²) in [6, 6.07) is 3.82. The van der Waals surface area contributed by atoms with Crippen LogP contribution in [0, 0.1) is 0 Å². The zero-order chi connectivity index (χ0) is 11.5. The van der Waals surface area contributed by atoms with E-state index >= 15 is 0 Å². The summed E-state index contributed by atoms with van der Waals surface area (Å²) in [6.45, 7) is 0.175. The molecule has 1 aromatic carbocycles. The molecule has 15 heavy (non-hydrogen) atoms. The Morgan fingerprint density at radius 3 is 2.47 bits per heavy atom. The fraction of sp³-hybridized carbons (Fsp3) is 0.333. The van der Waals surface area contributed by atoms with Gasteiger partial charge in [-0.05, 0) is 23.8 Å². The van der Waals surface area contributed by atoms with Crippen molar-refractivity contribution in [3.8, 4) is 5.75 Å². The second kappa shape index (κ2) is 4.72. The van der Waals surface area contributed by atoms with Crippen LogP contribution in [0.3, 0.4) is 0 Å². The first-order valence-corrected chi connectivity index (χ1v) is 4.32. The molecule has 0 saturated carbocycles. The summed E-state index contributed by atoms with van der Waals surface area (Å²) >= 11 is 5.61. The van der Waals surface area contributed by atoms with E-state index in [0.717, 1.165) is 6.07 Å². The fourth-order valence-corrected chi connectivity index (χ4v) is 1.31. The van der Waals surface area contributed by atoms with Crippen molar-refractivity contribution in [2.24, 2.45) is 0 Å². The van der Waals surface area contributed by atoms with E-state index < -0.39 is 6.36 Å². The van der Waals surface area contributed by atoms with E-state index in [9.17, 15) is 13.2 Å². The highest BCUT2D eigenvalue weighted by Gasteiger charge is 2.31. The Labute approximate surface area is 89.6 Å². The van der Waals surface area contributed by atoms with Gasteiger partial charge in [-0.3, -0.25) is 0 Å². The van der Waals surface area contributed by atoms with Gasteiger partial charge in [-0.15, -0.1) is 13.2 Å². The van der Waals surface area contributed by atoms with E-state index in [4.69, 9.17) is 16.3 Å². The molecule has 84 valence electrons. The fourth-order valence-electron chi connectivity index (χ4n) is 1.06. The number of methoxy groups -OCH3 is 1. The molecule has 0 radical (unpaired) electrons. The highest BCUT2D eigenvalue weighted by molar-refractivity contribution is 6.30. The van der Waals surface area contributed by atoms with E-state index in [1.807, 2.05) is 0 Å². The van der Waals surface area contributed by atoms with Crippen LogP contribution in [0.2, 0.25) is 5.02 Å². The third kappa shape index (κ3) is 4.40. The second-order valence-electron chi connectivity index (χ2n) is 2.78. The standard InChI is InChI=1S/C9H8ClF3O2/c1-14-5-6-2-7(10)4-8(3-6)15-9(11,12)13/h2-4H,5H2,1H3. The van der Waals surface area contributed by atoms with Crippen LogP contribution in [0.25, 0.3) is 0 Å². The third-order valence-corrected chi connectivity index (χ3v) is 1.69. The van der Waals surface area contributed by atoms with Crippen molar-refractivity contribution in [3.05, 3.63) is 28.8 Å². The summed E-state index contributed by atoms with van der Waals surface area (Å²) in [7, 11) is 1.44. The van der Waals surface area contributed by atoms with Crippen molar-refractivity contribution in [1.29, 1.82) is 0 Å². The van der Waals surface area contributed by atoms with Gasteiger partial charge in [0.1, 0.15) is 5.75 Å². The van der Waals surface area contributed by atoms with E-state index in [2.05, 4.69) is 4.74 Å². The number of hydrogen-bond donors (Lipinski definition) is 0. The molecule has 0 spiro atoms. The van der Waals surface area contributed by atoms with Gasteiger partial charge in [0.25, 0.3) is 0 Å². The summed E-state index contributed by atoms with van der Waals surface area (Å²) in [5.74, 6) is -0.345. The molecule has 0 amide bonds. The number of rotatable bonds is 3. The number of halogens is 4. The molecular formula is C9H8ClF3O2. The molecule has 0 bridgehead atoms. The van der Waals surface area contributed by atoms with Gasteiger partial charge >= 0.3 is 6.36 Å². The lowest BCUT2D eigenvalue weighted by Gasteiger charge is -2.10. The van der Waals surface area contributed by atoms with Gasteiger partial charge in [-0.2, -0.15) is 0 Å². The van der Waals surface area contributed by atoms with Gasteiger partial charge in [-0.1, -0.05) is 11.6 Å². The smallest absolute Gasteiger partial charge is 0.406 e. The molecule has 0 fully saturated rings. The van der Waals surface area contributed by atoms with Crippen molar-refractivity contribution < 1.29 is 22.6 Å². The summed E-state index contributed by atoms with van der Waals surface area (Å²) in [4.78, 5) is 0. The third-order valence-electron chi connectivity index (χ3n) is 1.48. The van der Waals surface area contributed by atoms with E-state index in [-0.39, 0.29) is 17.4 Å². The first kappa shape index (κ1) is 12.1. The molecule has 0 unspecified atom stereocenters. The molecule has 0 aliphatic heterocycles. The first-order valence-electron chi connectivity index (χ1n) is 3.95. The average Bonchev–Trinajstić information content (AvgIpc) is 1.99. The average molecular weight is 241 g/mol. The molecule has 0 saturated heterocycles. The second-order valence-corrected chi connectivity index (χ2v) is 3.21. The monoisotopic (exact) mass is 240 g/mol. The van der Waals surface area contributed by atoms with Crippen LogP contribution in [0.1, 0.15) is 5.56 Å². The maximum atomic E-state index is 11.9. The van der Waals surface area contributed by atoms with Crippen LogP contribution in [0.4, 0.5) is 13.2 Å². The molecular weight excluding hydrogens is 233 g/mol. The Hall–Kier alpha value is -0.940. The quantitative estimate of drug-likeness (QED) is 0.806. The van der Waals surface area contributed by atoms with Gasteiger partial charge in [0.15, 0.2) is 0 Å². The van der Waals surface area contributed by atoms with Gasteiger partial charge in [0.2, 0.25) is 0 Å². The zero-order valence-electron chi connectivity index (χ0n) is 7.77.